The highest BCUT2D eigenvalue weighted by molar-refractivity contribution is 5.89. The summed E-state index contributed by atoms with van der Waals surface area (Å²) in [5, 5.41) is 12.1. The van der Waals surface area contributed by atoms with Crippen molar-refractivity contribution in [2.45, 2.75) is 19.4 Å². The van der Waals surface area contributed by atoms with E-state index in [0.29, 0.717) is 19.0 Å². The third kappa shape index (κ3) is 4.72. The summed E-state index contributed by atoms with van der Waals surface area (Å²) in [7, 11) is 4.05. The topological polar surface area (TPSA) is 55.8 Å². The molecule has 5 heteroatoms. The highest BCUT2D eigenvalue weighted by atomic mass is 16.3. The van der Waals surface area contributed by atoms with Crippen LogP contribution >= 0.6 is 0 Å². The van der Waals surface area contributed by atoms with Gasteiger partial charge in [-0.05, 0) is 50.6 Å². The number of piperidine rings is 1. The number of anilines is 1. The van der Waals surface area contributed by atoms with Gasteiger partial charge in [0.1, 0.15) is 0 Å². The predicted molar refractivity (Wildman–Crippen MR) is 84.2 cm³/mol. The van der Waals surface area contributed by atoms with Crippen LogP contribution in [-0.2, 0) is 6.54 Å². The van der Waals surface area contributed by atoms with E-state index in [4.69, 9.17) is 5.11 Å². The van der Waals surface area contributed by atoms with E-state index in [2.05, 4.69) is 16.3 Å². The van der Waals surface area contributed by atoms with Crippen LogP contribution in [-0.4, -0.2) is 54.7 Å². The van der Waals surface area contributed by atoms with Crippen LogP contribution in [0.25, 0.3) is 0 Å². The first-order valence-electron chi connectivity index (χ1n) is 7.49. The lowest BCUT2D eigenvalue weighted by molar-refractivity contribution is 0.143. The van der Waals surface area contributed by atoms with Gasteiger partial charge in [-0.3, -0.25) is 0 Å². The third-order valence-corrected chi connectivity index (χ3v) is 3.84. The highest BCUT2D eigenvalue weighted by Gasteiger charge is 2.22. The number of amides is 2. The summed E-state index contributed by atoms with van der Waals surface area (Å²) < 4.78 is 0. The number of carbonyl (C=O) groups is 1. The minimum Gasteiger partial charge on any atom is -0.396 e. The van der Waals surface area contributed by atoms with E-state index >= 15 is 0 Å². The maximum Gasteiger partial charge on any atom is 0.321 e. The van der Waals surface area contributed by atoms with Crippen molar-refractivity contribution < 1.29 is 9.90 Å². The van der Waals surface area contributed by atoms with Crippen LogP contribution in [0.5, 0.6) is 0 Å². The van der Waals surface area contributed by atoms with Crippen molar-refractivity contribution in [3.05, 3.63) is 29.8 Å². The van der Waals surface area contributed by atoms with Gasteiger partial charge in [-0.2, -0.15) is 0 Å². The molecule has 0 saturated carbocycles. The summed E-state index contributed by atoms with van der Waals surface area (Å²) in [5.41, 5.74) is 2.01. The van der Waals surface area contributed by atoms with Gasteiger partial charge in [-0.25, -0.2) is 4.79 Å². The molecule has 0 atom stereocenters. The van der Waals surface area contributed by atoms with Crippen LogP contribution in [0.2, 0.25) is 0 Å². The van der Waals surface area contributed by atoms with Gasteiger partial charge >= 0.3 is 6.03 Å². The molecule has 0 bridgehead atoms. The van der Waals surface area contributed by atoms with Crippen molar-refractivity contribution in [1.29, 1.82) is 0 Å². The smallest absolute Gasteiger partial charge is 0.321 e. The summed E-state index contributed by atoms with van der Waals surface area (Å²) in [6.45, 7) is 2.51. The molecule has 1 aromatic rings. The van der Waals surface area contributed by atoms with Crippen LogP contribution in [0.4, 0.5) is 10.5 Å². The van der Waals surface area contributed by atoms with Crippen molar-refractivity contribution in [2.75, 3.05) is 39.1 Å². The van der Waals surface area contributed by atoms with E-state index in [0.717, 1.165) is 25.1 Å². The van der Waals surface area contributed by atoms with E-state index in [1.165, 1.54) is 5.56 Å². The Morgan fingerprint density at radius 2 is 2.10 bits per heavy atom. The second-order valence-electron chi connectivity index (χ2n) is 5.98. The summed E-state index contributed by atoms with van der Waals surface area (Å²) in [4.78, 5) is 16.2. The molecule has 0 aliphatic carbocycles. The van der Waals surface area contributed by atoms with Crippen LogP contribution in [0.3, 0.4) is 0 Å². The Hall–Kier alpha value is -1.59. The molecule has 0 aromatic heterocycles. The molecule has 2 amide bonds. The molecule has 21 heavy (non-hydrogen) atoms. The fourth-order valence-electron chi connectivity index (χ4n) is 2.63. The number of rotatable bonds is 4. The minimum atomic E-state index is -0.0478. The van der Waals surface area contributed by atoms with Crippen molar-refractivity contribution in [1.82, 2.24) is 9.80 Å². The number of urea groups is 1. The Morgan fingerprint density at radius 1 is 1.38 bits per heavy atom. The highest BCUT2D eigenvalue weighted by Crippen LogP contribution is 2.18. The number of aliphatic hydroxyl groups is 1. The SMILES string of the molecule is CN(C)Cc1cccc(NC(=O)N2CCC(CO)CC2)c1. The van der Waals surface area contributed by atoms with E-state index in [1.807, 2.05) is 37.2 Å². The number of hydrogen-bond acceptors (Lipinski definition) is 3. The Labute approximate surface area is 126 Å². The quantitative estimate of drug-likeness (QED) is 0.892. The molecule has 1 aliphatic heterocycles. The molecule has 1 saturated heterocycles. The number of hydrogen-bond donors (Lipinski definition) is 2. The molecular formula is C16H25N3O2. The van der Waals surface area contributed by atoms with E-state index in [-0.39, 0.29) is 12.6 Å². The van der Waals surface area contributed by atoms with E-state index in [9.17, 15) is 4.79 Å². The Morgan fingerprint density at radius 3 is 2.71 bits per heavy atom. The molecule has 2 rings (SSSR count). The zero-order valence-corrected chi connectivity index (χ0v) is 12.9. The Kier molecular flexibility index (Phi) is 5.59. The fraction of sp³-hybridized carbons (Fsp3) is 0.562. The number of nitrogens with one attached hydrogen (secondary N) is 1. The Bertz CT molecular complexity index is 468. The van der Waals surface area contributed by atoms with Crippen molar-refractivity contribution in [2.24, 2.45) is 5.92 Å². The zero-order chi connectivity index (χ0) is 15.2. The second kappa shape index (κ2) is 7.43. The molecule has 1 fully saturated rings. The molecule has 0 unspecified atom stereocenters. The first-order valence-corrected chi connectivity index (χ1v) is 7.49. The molecule has 0 spiro atoms. The summed E-state index contributed by atoms with van der Waals surface area (Å²) in [5.74, 6) is 0.345. The standard InChI is InChI=1S/C16H25N3O2/c1-18(2)11-14-4-3-5-15(10-14)17-16(21)19-8-6-13(12-20)7-9-19/h3-5,10,13,20H,6-9,11-12H2,1-2H3,(H,17,21). The maximum atomic E-state index is 12.2. The van der Waals surface area contributed by atoms with Crippen molar-refractivity contribution in [3.63, 3.8) is 0 Å². The van der Waals surface area contributed by atoms with Gasteiger partial charge in [0.15, 0.2) is 0 Å². The second-order valence-corrected chi connectivity index (χ2v) is 5.98. The predicted octanol–water partition coefficient (Wildman–Crippen LogP) is 1.98. The lowest BCUT2D eigenvalue weighted by Crippen LogP contribution is -2.41. The number of aliphatic hydroxyl groups excluding tert-OH is 1. The summed E-state index contributed by atoms with van der Waals surface area (Å²) in [6.07, 6.45) is 1.76. The number of benzene rings is 1. The lowest BCUT2D eigenvalue weighted by Gasteiger charge is -2.31. The molecule has 116 valence electrons. The molecule has 0 radical (unpaired) electrons. The number of nitrogens with zero attached hydrogens (tertiary/aromatic N) is 2. The summed E-state index contributed by atoms with van der Waals surface area (Å²) >= 11 is 0. The normalized spacial score (nSPS) is 16.3. The largest absolute Gasteiger partial charge is 0.396 e. The molecule has 5 nitrogen and oxygen atoms in total. The van der Waals surface area contributed by atoms with Crippen molar-refractivity contribution in [3.8, 4) is 0 Å². The van der Waals surface area contributed by atoms with Crippen LogP contribution in [0.15, 0.2) is 24.3 Å². The van der Waals surface area contributed by atoms with Crippen LogP contribution < -0.4 is 5.32 Å². The van der Waals surface area contributed by atoms with Gasteiger partial charge in [0.25, 0.3) is 0 Å². The molecule has 1 aliphatic rings. The van der Waals surface area contributed by atoms with E-state index < -0.39 is 0 Å². The number of likely N-dealkylation sites (tertiary alicyclic amines) is 1. The first-order chi connectivity index (χ1) is 10.1. The van der Waals surface area contributed by atoms with Crippen molar-refractivity contribution >= 4 is 11.7 Å². The maximum absolute atomic E-state index is 12.2. The third-order valence-electron chi connectivity index (χ3n) is 3.84. The lowest BCUT2D eigenvalue weighted by atomic mass is 9.98. The average Bonchev–Trinajstić information content (AvgIpc) is 2.47. The van der Waals surface area contributed by atoms with Gasteiger partial charge in [0, 0.05) is 31.9 Å². The van der Waals surface area contributed by atoms with Gasteiger partial charge < -0.3 is 20.2 Å². The number of carbonyl (C=O) groups excluding carboxylic acids is 1. The van der Waals surface area contributed by atoms with Gasteiger partial charge in [-0.1, -0.05) is 12.1 Å². The van der Waals surface area contributed by atoms with Gasteiger partial charge in [0.2, 0.25) is 0 Å². The molecule has 1 aromatic carbocycles. The average molecular weight is 291 g/mol. The summed E-state index contributed by atoms with van der Waals surface area (Å²) in [6, 6.07) is 7.90. The van der Waals surface area contributed by atoms with Gasteiger partial charge in [0.05, 0.1) is 0 Å². The fourth-order valence-corrected chi connectivity index (χ4v) is 2.63. The monoisotopic (exact) mass is 291 g/mol. The molecule has 2 N–H and O–H groups in total. The first kappa shape index (κ1) is 15.8. The van der Waals surface area contributed by atoms with Gasteiger partial charge in [-0.15, -0.1) is 0 Å². The van der Waals surface area contributed by atoms with Crippen LogP contribution in [0.1, 0.15) is 18.4 Å². The van der Waals surface area contributed by atoms with Crippen LogP contribution in [0, 0.1) is 5.92 Å². The zero-order valence-electron chi connectivity index (χ0n) is 12.9. The Balaban J connectivity index is 1.90. The molecule has 1 heterocycles. The van der Waals surface area contributed by atoms with E-state index in [1.54, 1.807) is 0 Å². The minimum absolute atomic E-state index is 0.0478. The molecular weight excluding hydrogens is 266 g/mol.